The summed E-state index contributed by atoms with van der Waals surface area (Å²) in [6, 6.07) is 12.0. The molecule has 2 aromatic rings. The Bertz CT molecular complexity index is 619. The van der Waals surface area contributed by atoms with Crippen molar-refractivity contribution >= 4 is 56.5 Å². The molecule has 6 heteroatoms. The number of hydrogen-bond acceptors (Lipinski definition) is 1. The average Bonchev–Trinajstić information content (AvgIpc) is 2.38. The number of rotatable bonds is 2. The molecule has 0 aliphatic carbocycles. The highest BCUT2D eigenvalue weighted by Crippen LogP contribution is 2.29. The van der Waals surface area contributed by atoms with Crippen molar-refractivity contribution in [3.63, 3.8) is 0 Å². The molecule has 0 aliphatic rings. The van der Waals surface area contributed by atoms with Gasteiger partial charge in [-0.1, -0.05) is 41.4 Å². The van der Waals surface area contributed by atoms with Crippen molar-refractivity contribution in [1.82, 2.24) is 0 Å². The third-order valence-electron chi connectivity index (χ3n) is 2.32. The number of urea groups is 1. The highest BCUT2D eigenvalue weighted by molar-refractivity contribution is 9.10. The number of carbonyl (C=O) groups excluding carboxylic acids is 1. The maximum atomic E-state index is 11.9. The van der Waals surface area contributed by atoms with E-state index in [4.69, 9.17) is 23.2 Å². The molecule has 3 nitrogen and oxygen atoms in total. The summed E-state index contributed by atoms with van der Waals surface area (Å²) >= 11 is 15.2. The summed E-state index contributed by atoms with van der Waals surface area (Å²) in [4.78, 5) is 11.9. The predicted molar refractivity (Wildman–Crippen MR) is 83.2 cm³/mol. The number of anilines is 2. The molecule has 2 N–H and O–H groups in total. The quantitative estimate of drug-likeness (QED) is 0.740. The van der Waals surface area contributed by atoms with Gasteiger partial charge in [0.15, 0.2) is 0 Å². The Hall–Kier alpha value is -1.23. The van der Waals surface area contributed by atoms with Crippen LogP contribution in [0.3, 0.4) is 0 Å². The number of benzene rings is 2. The molecule has 19 heavy (non-hydrogen) atoms. The monoisotopic (exact) mass is 358 g/mol. The smallest absolute Gasteiger partial charge is 0.307 e. The van der Waals surface area contributed by atoms with Crippen molar-refractivity contribution in [2.24, 2.45) is 0 Å². The molecule has 0 spiro atoms. The van der Waals surface area contributed by atoms with Crippen LogP contribution in [0, 0.1) is 0 Å². The Kier molecular flexibility index (Phi) is 4.69. The van der Waals surface area contributed by atoms with E-state index < -0.39 is 6.03 Å². The van der Waals surface area contributed by atoms with Gasteiger partial charge in [-0.2, -0.15) is 0 Å². The standard InChI is InChI=1S/C13H9BrCl2N2O/c14-8-4-1-2-6-10(8)17-13(19)18-11-7-3-5-9(15)12(11)16/h1-7H,(H2,17,18,19). The maximum absolute atomic E-state index is 11.9. The van der Waals surface area contributed by atoms with E-state index in [9.17, 15) is 4.79 Å². The zero-order valence-electron chi connectivity index (χ0n) is 9.58. The fraction of sp³-hybridized carbons (Fsp3) is 0. The lowest BCUT2D eigenvalue weighted by atomic mass is 10.3. The van der Waals surface area contributed by atoms with Gasteiger partial charge in [0, 0.05) is 4.47 Å². The van der Waals surface area contributed by atoms with Gasteiger partial charge in [0.1, 0.15) is 0 Å². The molecule has 2 amide bonds. The van der Waals surface area contributed by atoms with E-state index in [1.54, 1.807) is 24.3 Å². The minimum absolute atomic E-state index is 0.312. The highest BCUT2D eigenvalue weighted by Gasteiger charge is 2.09. The molecule has 0 radical (unpaired) electrons. The van der Waals surface area contributed by atoms with E-state index in [2.05, 4.69) is 26.6 Å². The third kappa shape index (κ3) is 3.62. The van der Waals surface area contributed by atoms with Crippen LogP contribution in [-0.2, 0) is 0 Å². The summed E-state index contributed by atoms with van der Waals surface area (Å²) in [6.45, 7) is 0. The van der Waals surface area contributed by atoms with Gasteiger partial charge in [0.25, 0.3) is 0 Å². The molecule has 0 aromatic heterocycles. The van der Waals surface area contributed by atoms with E-state index in [1.165, 1.54) is 0 Å². The number of carbonyl (C=O) groups is 1. The minimum Gasteiger partial charge on any atom is -0.307 e. The summed E-state index contributed by atoms with van der Waals surface area (Å²) < 4.78 is 0.794. The molecule has 0 saturated carbocycles. The molecule has 0 heterocycles. The molecule has 2 aromatic carbocycles. The normalized spacial score (nSPS) is 10.1. The van der Waals surface area contributed by atoms with E-state index in [1.807, 2.05) is 18.2 Å². The van der Waals surface area contributed by atoms with Crippen LogP contribution in [0.1, 0.15) is 0 Å². The second-order valence-corrected chi connectivity index (χ2v) is 5.30. The van der Waals surface area contributed by atoms with E-state index >= 15 is 0 Å². The van der Waals surface area contributed by atoms with Gasteiger partial charge in [-0.15, -0.1) is 0 Å². The Morgan fingerprint density at radius 3 is 2.32 bits per heavy atom. The first-order chi connectivity index (χ1) is 9.08. The molecule has 0 bridgehead atoms. The molecule has 0 fully saturated rings. The number of para-hydroxylation sites is 1. The Morgan fingerprint density at radius 2 is 1.58 bits per heavy atom. The summed E-state index contributed by atoms with van der Waals surface area (Å²) in [7, 11) is 0. The lowest BCUT2D eigenvalue weighted by molar-refractivity contribution is 0.262. The lowest BCUT2D eigenvalue weighted by Crippen LogP contribution is -2.19. The van der Waals surface area contributed by atoms with Crippen LogP contribution in [0.5, 0.6) is 0 Å². The number of hydrogen-bond donors (Lipinski definition) is 2. The van der Waals surface area contributed by atoms with E-state index in [0.29, 0.717) is 21.4 Å². The van der Waals surface area contributed by atoms with Gasteiger partial charge in [-0.05, 0) is 40.2 Å². The van der Waals surface area contributed by atoms with E-state index in [-0.39, 0.29) is 0 Å². The second kappa shape index (κ2) is 6.28. The molecular formula is C13H9BrCl2N2O. The van der Waals surface area contributed by atoms with Crippen molar-refractivity contribution in [1.29, 1.82) is 0 Å². The van der Waals surface area contributed by atoms with Crippen molar-refractivity contribution in [2.75, 3.05) is 10.6 Å². The first-order valence-electron chi connectivity index (χ1n) is 5.34. The molecular weight excluding hydrogens is 351 g/mol. The summed E-state index contributed by atoms with van der Waals surface area (Å²) in [5, 5.41) is 6.05. The molecule has 0 atom stereocenters. The topological polar surface area (TPSA) is 41.1 Å². The lowest BCUT2D eigenvalue weighted by Gasteiger charge is -2.10. The largest absolute Gasteiger partial charge is 0.323 e. The zero-order valence-corrected chi connectivity index (χ0v) is 12.7. The first kappa shape index (κ1) is 14.2. The molecule has 0 unspecified atom stereocenters. The van der Waals surface area contributed by atoms with Gasteiger partial charge < -0.3 is 10.6 Å². The van der Waals surface area contributed by atoms with Crippen molar-refractivity contribution in [3.05, 3.63) is 57.0 Å². The van der Waals surface area contributed by atoms with Crippen LogP contribution in [0.4, 0.5) is 16.2 Å². The third-order valence-corrected chi connectivity index (χ3v) is 3.83. The fourth-order valence-corrected chi connectivity index (χ4v) is 2.17. The van der Waals surface area contributed by atoms with Crippen LogP contribution in [0.2, 0.25) is 10.0 Å². The Morgan fingerprint density at radius 1 is 0.947 bits per heavy atom. The predicted octanol–water partition coefficient (Wildman–Crippen LogP) is 5.40. The fourth-order valence-electron chi connectivity index (χ4n) is 1.44. The van der Waals surface area contributed by atoms with Crippen molar-refractivity contribution in [2.45, 2.75) is 0 Å². The average molecular weight is 360 g/mol. The Balaban J connectivity index is 2.10. The van der Waals surface area contributed by atoms with Gasteiger partial charge in [-0.25, -0.2) is 4.79 Å². The van der Waals surface area contributed by atoms with Crippen LogP contribution in [-0.4, -0.2) is 6.03 Å². The van der Waals surface area contributed by atoms with Gasteiger partial charge >= 0.3 is 6.03 Å². The van der Waals surface area contributed by atoms with Crippen LogP contribution in [0.15, 0.2) is 46.9 Å². The summed E-state index contributed by atoms with van der Waals surface area (Å²) in [5.74, 6) is 0. The number of amides is 2. The van der Waals surface area contributed by atoms with Gasteiger partial charge in [0.05, 0.1) is 21.4 Å². The highest BCUT2D eigenvalue weighted by atomic mass is 79.9. The summed E-state index contributed by atoms with van der Waals surface area (Å²) in [5.41, 5.74) is 1.12. The Labute approximate surface area is 129 Å². The SMILES string of the molecule is O=C(Nc1ccccc1Br)Nc1cccc(Cl)c1Cl. The van der Waals surface area contributed by atoms with Gasteiger partial charge in [0.2, 0.25) is 0 Å². The molecule has 2 rings (SSSR count). The maximum Gasteiger partial charge on any atom is 0.323 e. The van der Waals surface area contributed by atoms with Crippen LogP contribution >= 0.6 is 39.1 Å². The summed E-state index contributed by atoms with van der Waals surface area (Å²) in [6.07, 6.45) is 0. The van der Waals surface area contributed by atoms with Crippen molar-refractivity contribution in [3.8, 4) is 0 Å². The molecule has 0 saturated heterocycles. The van der Waals surface area contributed by atoms with E-state index in [0.717, 1.165) is 4.47 Å². The molecule has 0 aliphatic heterocycles. The number of nitrogens with one attached hydrogen (secondary N) is 2. The van der Waals surface area contributed by atoms with Crippen molar-refractivity contribution < 1.29 is 4.79 Å². The first-order valence-corrected chi connectivity index (χ1v) is 6.89. The van der Waals surface area contributed by atoms with Crippen LogP contribution in [0.25, 0.3) is 0 Å². The number of halogens is 3. The molecule has 98 valence electrons. The van der Waals surface area contributed by atoms with Gasteiger partial charge in [-0.3, -0.25) is 0 Å². The minimum atomic E-state index is -0.393. The zero-order chi connectivity index (χ0) is 13.8. The second-order valence-electron chi connectivity index (χ2n) is 3.66. The van der Waals surface area contributed by atoms with Crippen LogP contribution < -0.4 is 10.6 Å².